The molecule has 174 valence electrons. The van der Waals surface area contributed by atoms with E-state index >= 15 is 0 Å². The average molecular weight is 452 g/mol. The fourth-order valence-corrected chi connectivity index (χ4v) is 11.7. The van der Waals surface area contributed by atoms with Gasteiger partial charge in [0.1, 0.15) is 5.69 Å². The Morgan fingerprint density at radius 1 is 0.567 bits per heavy atom. The number of rotatable bonds is 13. The van der Waals surface area contributed by atoms with Gasteiger partial charge in [0, 0.05) is 6.54 Å². The van der Waals surface area contributed by atoms with Gasteiger partial charge >= 0.3 is 0 Å². The predicted molar refractivity (Wildman–Crippen MR) is 118 cm³/mol. The highest BCUT2D eigenvalue weighted by molar-refractivity contribution is 6.83. The molecule has 0 saturated carbocycles. The lowest BCUT2D eigenvalue weighted by Gasteiger charge is -2.43. The van der Waals surface area contributed by atoms with Crippen molar-refractivity contribution >= 4 is 13.8 Å². The highest BCUT2D eigenvalue weighted by atomic mass is 28.3. The van der Waals surface area contributed by atoms with Gasteiger partial charge in [-0.15, -0.1) is 0 Å². The Morgan fingerprint density at radius 2 is 0.933 bits per heavy atom. The van der Waals surface area contributed by atoms with Gasteiger partial charge < -0.3 is 5.32 Å². The fraction of sp³-hybridized carbons (Fsp3) is 0.739. The van der Waals surface area contributed by atoms with Crippen molar-refractivity contribution in [3.05, 3.63) is 29.1 Å². The molecule has 1 aromatic rings. The van der Waals surface area contributed by atoms with E-state index in [9.17, 15) is 22.0 Å². The molecule has 0 bridgehead atoms. The second kappa shape index (κ2) is 12.1. The van der Waals surface area contributed by atoms with Gasteiger partial charge in [0.15, 0.2) is 23.3 Å². The van der Waals surface area contributed by atoms with E-state index in [-0.39, 0.29) is 6.54 Å². The summed E-state index contributed by atoms with van der Waals surface area (Å²) < 4.78 is 66.6. The van der Waals surface area contributed by atoms with Crippen LogP contribution in [0.15, 0.2) is 0 Å². The number of halogens is 5. The highest BCUT2D eigenvalue weighted by Crippen LogP contribution is 2.45. The zero-order valence-corrected chi connectivity index (χ0v) is 20.3. The third-order valence-electron chi connectivity index (χ3n) is 6.77. The first-order valence-corrected chi connectivity index (χ1v) is 13.7. The molecule has 7 heteroatoms. The first-order valence-electron chi connectivity index (χ1n) is 11.2. The van der Waals surface area contributed by atoms with Crippen LogP contribution in [0.25, 0.3) is 0 Å². The molecule has 1 aromatic carbocycles. The molecule has 0 aromatic heterocycles. The quantitative estimate of drug-likeness (QED) is 0.104. The number of hydrogen-bond donors (Lipinski definition) is 1. The highest BCUT2D eigenvalue weighted by Gasteiger charge is 2.41. The molecule has 0 unspecified atom stereocenters. The van der Waals surface area contributed by atoms with Gasteiger partial charge in [0.25, 0.3) is 0 Å². The van der Waals surface area contributed by atoms with Crippen LogP contribution in [0.4, 0.5) is 27.6 Å². The summed E-state index contributed by atoms with van der Waals surface area (Å²) in [6.45, 7) is 14.4. The van der Waals surface area contributed by atoms with E-state index in [1.54, 1.807) is 0 Å². The summed E-state index contributed by atoms with van der Waals surface area (Å²) in [6.07, 6.45) is 5.97. The standard InChI is InChI=1S/C23H38F5NSi/c1-15(2)30(16(3)4,17(5)6)14-12-10-8-7-9-11-13-29-23-21(27)19(25)18(24)20(26)22(23)28/h15-17,29H,7-14H2,1-6H3. The summed E-state index contributed by atoms with van der Waals surface area (Å²) in [5, 5.41) is 2.36. The molecule has 0 aliphatic rings. The van der Waals surface area contributed by atoms with Gasteiger partial charge in [0.2, 0.25) is 5.82 Å². The molecule has 1 rings (SSSR count). The molecule has 0 spiro atoms. The molecule has 0 aliphatic carbocycles. The van der Waals surface area contributed by atoms with Crippen molar-refractivity contribution in [3.63, 3.8) is 0 Å². The van der Waals surface area contributed by atoms with E-state index in [1.807, 2.05) is 0 Å². The van der Waals surface area contributed by atoms with Gasteiger partial charge in [-0.1, -0.05) is 96.3 Å². The predicted octanol–water partition coefficient (Wildman–Crippen LogP) is 8.81. The van der Waals surface area contributed by atoms with Gasteiger partial charge in [0.05, 0.1) is 8.07 Å². The first-order chi connectivity index (χ1) is 14.0. The van der Waals surface area contributed by atoms with E-state index in [2.05, 4.69) is 46.9 Å². The molecule has 0 fully saturated rings. The molecule has 0 saturated heterocycles. The maximum Gasteiger partial charge on any atom is 0.200 e. The Morgan fingerprint density at radius 3 is 1.37 bits per heavy atom. The van der Waals surface area contributed by atoms with Crippen LogP contribution >= 0.6 is 0 Å². The van der Waals surface area contributed by atoms with Crippen LogP contribution in [0.3, 0.4) is 0 Å². The SMILES string of the molecule is CC(C)[Si](CCCCCCCCNc1c(F)c(F)c(F)c(F)c1F)(C(C)C)C(C)C. The van der Waals surface area contributed by atoms with E-state index in [4.69, 9.17) is 0 Å². The van der Waals surface area contributed by atoms with E-state index in [1.165, 1.54) is 18.9 Å². The Bertz CT molecular complexity index is 625. The van der Waals surface area contributed by atoms with Crippen LogP contribution < -0.4 is 5.32 Å². The number of unbranched alkanes of at least 4 members (excludes halogenated alkanes) is 5. The molecule has 1 N–H and O–H groups in total. The molecule has 1 nitrogen and oxygen atoms in total. The molecule has 30 heavy (non-hydrogen) atoms. The zero-order valence-electron chi connectivity index (χ0n) is 19.3. The lowest BCUT2D eigenvalue weighted by Crippen LogP contribution is -2.44. The number of benzene rings is 1. The molecule has 0 radical (unpaired) electrons. The monoisotopic (exact) mass is 451 g/mol. The summed E-state index contributed by atoms with van der Waals surface area (Å²) in [4.78, 5) is 0. The third-order valence-corrected chi connectivity index (χ3v) is 14.4. The normalized spacial score (nSPS) is 12.5. The van der Waals surface area contributed by atoms with Gasteiger partial charge in [-0.2, -0.15) is 0 Å². The third kappa shape index (κ3) is 6.20. The summed E-state index contributed by atoms with van der Waals surface area (Å²) in [7, 11) is -1.34. The Kier molecular flexibility index (Phi) is 10.8. The molecular weight excluding hydrogens is 413 g/mol. The summed E-state index contributed by atoms with van der Waals surface area (Å²) in [5.41, 5.74) is 1.37. The Hall–Kier alpha value is -1.11. The largest absolute Gasteiger partial charge is 0.380 e. The minimum Gasteiger partial charge on any atom is -0.380 e. The molecule has 0 atom stereocenters. The maximum atomic E-state index is 13.6. The van der Waals surface area contributed by atoms with Crippen LogP contribution in [0.1, 0.15) is 80.1 Å². The second-order valence-electron chi connectivity index (χ2n) is 9.32. The minimum absolute atomic E-state index is 0.169. The summed E-state index contributed by atoms with van der Waals surface area (Å²) in [6, 6.07) is 1.35. The zero-order chi connectivity index (χ0) is 23.1. The topological polar surface area (TPSA) is 12.0 Å². The summed E-state index contributed by atoms with van der Waals surface area (Å²) >= 11 is 0. The van der Waals surface area contributed by atoms with Crippen molar-refractivity contribution in [2.24, 2.45) is 0 Å². The molecular formula is C23H38F5NSi. The van der Waals surface area contributed by atoms with Crippen molar-refractivity contribution in [1.82, 2.24) is 0 Å². The number of nitrogens with one attached hydrogen (secondary N) is 1. The smallest absolute Gasteiger partial charge is 0.200 e. The minimum atomic E-state index is -2.13. The lowest BCUT2D eigenvalue weighted by atomic mass is 10.1. The number of anilines is 1. The van der Waals surface area contributed by atoms with Gasteiger partial charge in [-0.25, -0.2) is 22.0 Å². The average Bonchev–Trinajstić information content (AvgIpc) is 2.67. The Labute approximate surface area is 179 Å². The van der Waals surface area contributed by atoms with Gasteiger partial charge in [-0.05, 0) is 6.42 Å². The van der Waals surface area contributed by atoms with Crippen molar-refractivity contribution in [2.75, 3.05) is 11.9 Å². The first kappa shape index (κ1) is 26.9. The van der Waals surface area contributed by atoms with Crippen LogP contribution in [0, 0.1) is 29.1 Å². The van der Waals surface area contributed by atoms with E-state index < -0.39 is 42.8 Å². The van der Waals surface area contributed by atoms with Crippen LogP contribution in [-0.2, 0) is 0 Å². The van der Waals surface area contributed by atoms with Crippen molar-refractivity contribution in [2.45, 2.75) is 103 Å². The van der Waals surface area contributed by atoms with Crippen LogP contribution in [0.2, 0.25) is 22.7 Å². The van der Waals surface area contributed by atoms with Crippen LogP contribution in [-0.4, -0.2) is 14.6 Å². The van der Waals surface area contributed by atoms with Crippen molar-refractivity contribution in [1.29, 1.82) is 0 Å². The van der Waals surface area contributed by atoms with E-state index in [0.717, 1.165) is 35.9 Å². The molecule has 0 aliphatic heterocycles. The number of hydrogen-bond acceptors (Lipinski definition) is 1. The molecule has 0 amide bonds. The lowest BCUT2D eigenvalue weighted by molar-refractivity contribution is 0.381. The fourth-order valence-electron chi connectivity index (χ4n) is 5.10. The maximum absolute atomic E-state index is 13.6. The van der Waals surface area contributed by atoms with Crippen molar-refractivity contribution < 1.29 is 22.0 Å². The molecule has 0 heterocycles. The summed E-state index contributed by atoms with van der Waals surface area (Å²) in [5.74, 6) is -9.57. The Balaban J connectivity index is 2.35. The van der Waals surface area contributed by atoms with E-state index in [0.29, 0.717) is 6.42 Å². The van der Waals surface area contributed by atoms with Crippen LogP contribution in [0.5, 0.6) is 0 Å². The second-order valence-corrected chi connectivity index (χ2v) is 15.5. The van der Waals surface area contributed by atoms with Gasteiger partial charge in [-0.3, -0.25) is 0 Å². The van der Waals surface area contributed by atoms with Crippen molar-refractivity contribution in [3.8, 4) is 0 Å².